The second-order valence-corrected chi connectivity index (χ2v) is 3.49. The maximum atomic E-state index is 9.13. The Labute approximate surface area is 93.9 Å². The lowest BCUT2D eigenvalue weighted by Crippen LogP contribution is -2.21. The third kappa shape index (κ3) is 3.56. The highest BCUT2D eigenvalue weighted by molar-refractivity contribution is 5.25. The molecule has 1 atom stereocenters. The van der Waals surface area contributed by atoms with Crippen LogP contribution in [-0.4, -0.2) is 57.8 Å². The van der Waals surface area contributed by atoms with Crippen molar-refractivity contribution in [1.82, 2.24) is 9.97 Å². The minimum absolute atomic E-state index is 0.00670. The van der Waals surface area contributed by atoms with Crippen molar-refractivity contribution in [3.63, 3.8) is 0 Å². The van der Waals surface area contributed by atoms with E-state index in [1.807, 2.05) is 6.92 Å². The topological polar surface area (TPSA) is 78.5 Å². The zero-order valence-corrected chi connectivity index (χ0v) is 9.42. The van der Waals surface area contributed by atoms with Gasteiger partial charge in [0.15, 0.2) is 0 Å². The predicted octanol–water partition coefficient (Wildman–Crippen LogP) is -0.509. The van der Waals surface area contributed by atoms with E-state index < -0.39 is 6.10 Å². The van der Waals surface area contributed by atoms with Crippen molar-refractivity contribution >= 4 is 12.7 Å². The highest BCUT2D eigenvalue weighted by atomic mass is 16.5. The highest BCUT2D eigenvalue weighted by Crippen LogP contribution is 2.13. The summed E-state index contributed by atoms with van der Waals surface area (Å²) in [5.41, 5.74) is 0.744. The van der Waals surface area contributed by atoms with E-state index in [4.69, 9.17) is 14.9 Å². The molecule has 0 bridgehead atoms. The molecule has 1 heterocycles. The Morgan fingerprint density at radius 2 is 2.25 bits per heavy atom. The molecule has 0 aliphatic rings. The molecule has 1 rings (SSSR count). The third-order valence-electron chi connectivity index (χ3n) is 1.79. The Balaban J connectivity index is 2.76. The summed E-state index contributed by atoms with van der Waals surface area (Å²) in [6.07, 6.45) is -0.906. The van der Waals surface area contributed by atoms with Gasteiger partial charge >= 0.3 is 5.95 Å². The molecule has 0 aliphatic carbocycles. The van der Waals surface area contributed by atoms with Crippen LogP contribution in [0.5, 0.6) is 5.88 Å². The Bertz CT molecular complexity index is 382. The molecule has 0 amide bonds. The van der Waals surface area contributed by atoms with Crippen molar-refractivity contribution in [3.05, 3.63) is 11.8 Å². The van der Waals surface area contributed by atoms with E-state index in [0.717, 1.165) is 5.69 Å². The van der Waals surface area contributed by atoms with Gasteiger partial charge < -0.3 is 14.9 Å². The van der Waals surface area contributed by atoms with E-state index in [1.54, 1.807) is 13.1 Å². The average molecular weight is 226 g/mol. The van der Waals surface area contributed by atoms with Gasteiger partial charge in [0.05, 0.1) is 19.7 Å². The molecule has 1 unspecified atom stereocenters. The van der Waals surface area contributed by atoms with Gasteiger partial charge in [-0.05, 0) is 11.9 Å². The van der Waals surface area contributed by atoms with E-state index >= 15 is 0 Å². The summed E-state index contributed by atoms with van der Waals surface area (Å²) in [4.78, 5) is 8.22. The van der Waals surface area contributed by atoms with Crippen LogP contribution in [0.15, 0.2) is 6.07 Å². The predicted molar refractivity (Wildman–Crippen MR) is 58.3 cm³/mol. The van der Waals surface area contributed by atoms with Crippen LogP contribution in [-0.2, 0) is 0 Å². The molecular formula is C10H16N3O3+. The van der Waals surface area contributed by atoms with Gasteiger partial charge in [0, 0.05) is 6.72 Å². The number of hydrogen-bond acceptors (Lipinski definition) is 5. The molecule has 0 radical (unpaired) electrons. The molecule has 0 spiro atoms. The molecule has 1 aromatic heterocycles. The molecule has 0 aliphatic heterocycles. The van der Waals surface area contributed by atoms with Crippen LogP contribution in [0.2, 0.25) is 0 Å². The molecule has 1 aromatic rings. The van der Waals surface area contributed by atoms with Gasteiger partial charge in [0.1, 0.15) is 18.4 Å². The molecule has 6 nitrogen and oxygen atoms in total. The zero-order chi connectivity index (χ0) is 12.1. The van der Waals surface area contributed by atoms with Crippen LogP contribution in [0.3, 0.4) is 0 Å². The lowest BCUT2D eigenvalue weighted by Gasteiger charge is -2.07. The van der Waals surface area contributed by atoms with Crippen molar-refractivity contribution in [3.8, 4) is 5.88 Å². The Morgan fingerprint density at radius 3 is 2.81 bits per heavy atom. The lowest BCUT2D eigenvalue weighted by atomic mass is 10.4. The normalized spacial score (nSPS) is 12.2. The number of hydrogen-bond donors (Lipinski definition) is 2. The van der Waals surface area contributed by atoms with Gasteiger partial charge in [-0.1, -0.05) is 4.98 Å². The van der Waals surface area contributed by atoms with Crippen molar-refractivity contribution in [2.24, 2.45) is 0 Å². The van der Waals surface area contributed by atoms with Gasteiger partial charge in [-0.25, -0.2) is 4.58 Å². The summed E-state index contributed by atoms with van der Waals surface area (Å²) in [7, 11) is 1.72. The minimum Gasteiger partial charge on any atom is -0.463 e. The fourth-order valence-electron chi connectivity index (χ4n) is 1.00. The maximum Gasteiger partial charge on any atom is 0.435 e. The lowest BCUT2D eigenvalue weighted by molar-refractivity contribution is -0.404. The number of ether oxygens (including phenoxy) is 1. The number of aryl methyl sites for hydroxylation is 1. The van der Waals surface area contributed by atoms with Crippen LogP contribution < -0.4 is 4.74 Å². The SMILES string of the molecule is C=[N+](C)c1nc(C)cc(OCC(O)CO)n1. The minimum atomic E-state index is -0.906. The second kappa shape index (κ2) is 5.53. The van der Waals surface area contributed by atoms with Crippen LogP contribution in [0.4, 0.5) is 5.95 Å². The van der Waals surface area contributed by atoms with Gasteiger partial charge in [0.25, 0.3) is 5.88 Å². The number of aliphatic hydroxyl groups is 2. The first-order valence-electron chi connectivity index (χ1n) is 4.84. The van der Waals surface area contributed by atoms with Crippen LogP contribution in [0.25, 0.3) is 0 Å². The van der Waals surface area contributed by atoms with Gasteiger partial charge in [-0.15, -0.1) is 0 Å². The van der Waals surface area contributed by atoms with Crippen LogP contribution in [0, 0.1) is 6.92 Å². The Morgan fingerprint density at radius 1 is 1.56 bits per heavy atom. The summed E-state index contributed by atoms with van der Waals surface area (Å²) in [5.74, 6) is 0.791. The standard InChI is InChI=1S/C10H16N3O3/c1-7-4-9(16-6-8(15)5-14)12-10(11-7)13(2)3/h4,8,14-15H,2,5-6H2,1,3H3/q+1. The molecule has 6 heteroatoms. The van der Waals surface area contributed by atoms with Crippen LogP contribution in [0.1, 0.15) is 5.69 Å². The van der Waals surface area contributed by atoms with E-state index in [9.17, 15) is 0 Å². The molecule has 2 N–H and O–H groups in total. The average Bonchev–Trinajstić information content (AvgIpc) is 2.25. The van der Waals surface area contributed by atoms with E-state index in [-0.39, 0.29) is 13.2 Å². The summed E-state index contributed by atoms with van der Waals surface area (Å²) in [5, 5.41) is 17.8. The van der Waals surface area contributed by atoms with Gasteiger partial charge in [0.2, 0.25) is 0 Å². The van der Waals surface area contributed by atoms with Crippen molar-refractivity contribution in [1.29, 1.82) is 0 Å². The number of aromatic nitrogens is 2. The zero-order valence-electron chi connectivity index (χ0n) is 9.42. The number of rotatable bonds is 5. The first kappa shape index (κ1) is 12.5. The maximum absolute atomic E-state index is 9.13. The van der Waals surface area contributed by atoms with Gasteiger partial charge in [-0.2, -0.15) is 0 Å². The first-order chi connectivity index (χ1) is 7.52. The largest absolute Gasteiger partial charge is 0.463 e. The summed E-state index contributed by atoms with van der Waals surface area (Å²) < 4.78 is 6.73. The quantitative estimate of drug-likeness (QED) is 0.522. The summed E-state index contributed by atoms with van der Waals surface area (Å²) in [6, 6.07) is 1.65. The highest BCUT2D eigenvalue weighted by Gasteiger charge is 2.14. The third-order valence-corrected chi connectivity index (χ3v) is 1.79. The van der Waals surface area contributed by atoms with Crippen molar-refractivity contribution in [2.45, 2.75) is 13.0 Å². The smallest absolute Gasteiger partial charge is 0.435 e. The van der Waals surface area contributed by atoms with Crippen molar-refractivity contribution < 1.29 is 19.5 Å². The molecule has 0 saturated carbocycles. The summed E-state index contributed by atoms with van der Waals surface area (Å²) in [6.45, 7) is 5.13. The van der Waals surface area contributed by atoms with Crippen LogP contribution >= 0.6 is 0 Å². The molecule has 88 valence electrons. The molecule has 16 heavy (non-hydrogen) atoms. The molecule has 0 aromatic carbocycles. The molecule has 0 fully saturated rings. The second-order valence-electron chi connectivity index (χ2n) is 3.49. The van der Waals surface area contributed by atoms with Crippen molar-refractivity contribution in [2.75, 3.05) is 20.3 Å². The number of aliphatic hydroxyl groups excluding tert-OH is 2. The van der Waals surface area contributed by atoms with Gasteiger partial charge in [-0.3, -0.25) is 0 Å². The fraction of sp³-hybridized carbons (Fsp3) is 0.500. The van der Waals surface area contributed by atoms with E-state index in [2.05, 4.69) is 16.7 Å². The fourth-order valence-corrected chi connectivity index (χ4v) is 1.00. The Hall–Kier alpha value is -1.53. The Kier molecular flexibility index (Phi) is 4.33. The number of nitrogens with zero attached hydrogens (tertiary/aromatic N) is 3. The molecular weight excluding hydrogens is 210 g/mol. The van der Waals surface area contributed by atoms with E-state index in [0.29, 0.717) is 11.8 Å². The molecule has 0 saturated heterocycles. The first-order valence-corrected chi connectivity index (χ1v) is 4.84. The van der Waals surface area contributed by atoms with E-state index in [1.165, 1.54) is 4.58 Å². The monoisotopic (exact) mass is 226 g/mol. The summed E-state index contributed by atoms with van der Waals surface area (Å²) >= 11 is 0.